The van der Waals surface area contributed by atoms with Gasteiger partial charge >= 0.3 is 0 Å². The third-order valence-corrected chi connectivity index (χ3v) is 4.31. The third-order valence-electron chi connectivity index (χ3n) is 4.31. The van der Waals surface area contributed by atoms with E-state index in [0.29, 0.717) is 50.5 Å². The third kappa shape index (κ3) is 4.33. The number of nitrogens with one attached hydrogen (secondary N) is 1. The maximum atomic E-state index is 13.6. The molecule has 7 nitrogen and oxygen atoms in total. The summed E-state index contributed by atoms with van der Waals surface area (Å²) in [6.07, 6.45) is 2.60. The first-order chi connectivity index (χ1) is 12.7. The molecule has 0 spiro atoms. The minimum absolute atomic E-state index is 0.265. The Morgan fingerprint density at radius 1 is 1.19 bits per heavy atom. The molecule has 136 valence electrons. The summed E-state index contributed by atoms with van der Waals surface area (Å²) >= 11 is 0. The molecule has 0 saturated carbocycles. The number of carbonyl (C=O) groups is 2. The van der Waals surface area contributed by atoms with Gasteiger partial charge in [-0.1, -0.05) is 18.2 Å². The van der Waals surface area contributed by atoms with Crippen molar-refractivity contribution in [1.29, 1.82) is 0 Å². The van der Waals surface area contributed by atoms with Gasteiger partial charge < -0.3 is 15.1 Å². The molecule has 0 bridgehead atoms. The van der Waals surface area contributed by atoms with Crippen molar-refractivity contribution < 1.29 is 14.0 Å². The van der Waals surface area contributed by atoms with Crippen molar-refractivity contribution >= 4 is 18.1 Å². The molecular weight excluding hydrogens is 337 g/mol. The number of carbonyl (C=O) groups excluding carboxylic acids is 2. The Hall–Kier alpha value is -3.03. The van der Waals surface area contributed by atoms with Crippen LogP contribution in [0.4, 0.5) is 10.2 Å². The Kier molecular flexibility index (Phi) is 5.73. The van der Waals surface area contributed by atoms with Gasteiger partial charge in [0.2, 0.25) is 6.41 Å². The van der Waals surface area contributed by atoms with Crippen LogP contribution >= 0.6 is 0 Å². The van der Waals surface area contributed by atoms with Crippen LogP contribution in [0.15, 0.2) is 36.7 Å². The van der Waals surface area contributed by atoms with Crippen molar-refractivity contribution in [3.63, 3.8) is 0 Å². The fourth-order valence-corrected chi connectivity index (χ4v) is 2.80. The average molecular weight is 357 g/mol. The number of rotatable bonds is 6. The number of amides is 2. The Morgan fingerprint density at radius 2 is 1.96 bits per heavy atom. The molecule has 0 unspecified atom stereocenters. The van der Waals surface area contributed by atoms with E-state index in [-0.39, 0.29) is 17.4 Å². The molecule has 8 heteroatoms. The van der Waals surface area contributed by atoms with Crippen molar-refractivity contribution in [3.05, 3.63) is 53.7 Å². The molecule has 3 rings (SSSR count). The van der Waals surface area contributed by atoms with Crippen molar-refractivity contribution in [2.24, 2.45) is 0 Å². The first-order valence-corrected chi connectivity index (χ1v) is 8.45. The van der Waals surface area contributed by atoms with Crippen LogP contribution in [0.2, 0.25) is 0 Å². The average Bonchev–Trinajstić information content (AvgIpc) is 2.69. The second kappa shape index (κ2) is 8.37. The molecule has 2 amide bonds. The zero-order valence-corrected chi connectivity index (χ0v) is 14.3. The summed E-state index contributed by atoms with van der Waals surface area (Å²) < 4.78 is 13.6. The van der Waals surface area contributed by atoms with E-state index in [1.165, 1.54) is 12.4 Å². The predicted octanol–water partition coefficient (Wildman–Crippen LogP) is 0.867. The highest BCUT2D eigenvalue weighted by Crippen LogP contribution is 2.13. The number of benzene rings is 1. The first kappa shape index (κ1) is 17.8. The standard InChI is InChI=1S/C18H20FN5O2/c19-15-4-2-1-3-14(15)5-6-20-18(26)16-11-17(22-12-21-16)24-9-7-23(13-25)8-10-24/h1-4,11-13H,5-10H2,(H,20,26). The summed E-state index contributed by atoms with van der Waals surface area (Å²) in [5.74, 6) is 0.0573. The fourth-order valence-electron chi connectivity index (χ4n) is 2.80. The maximum Gasteiger partial charge on any atom is 0.270 e. The quantitative estimate of drug-likeness (QED) is 0.776. The normalized spacial score (nSPS) is 14.2. The summed E-state index contributed by atoms with van der Waals surface area (Å²) in [5, 5.41) is 2.75. The van der Waals surface area contributed by atoms with E-state index in [1.807, 2.05) is 4.90 Å². The molecule has 1 aliphatic rings. The van der Waals surface area contributed by atoms with E-state index in [9.17, 15) is 14.0 Å². The molecular formula is C18H20FN5O2. The van der Waals surface area contributed by atoms with Crippen LogP contribution in [-0.2, 0) is 11.2 Å². The fraction of sp³-hybridized carbons (Fsp3) is 0.333. The van der Waals surface area contributed by atoms with Gasteiger partial charge in [0.1, 0.15) is 23.7 Å². The van der Waals surface area contributed by atoms with Gasteiger partial charge in [0.15, 0.2) is 0 Å². The van der Waals surface area contributed by atoms with E-state index in [0.717, 1.165) is 6.41 Å². The Labute approximate surface area is 150 Å². The number of hydrogen-bond acceptors (Lipinski definition) is 5. The summed E-state index contributed by atoms with van der Waals surface area (Å²) in [6.45, 7) is 2.88. The Balaban J connectivity index is 1.56. The topological polar surface area (TPSA) is 78.4 Å². The molecule has 1 aromatic heterocycles. The van der Waals surface area contributed by atoms with Crippen LogP contribution in [0, 0.1) is 5.82 Å². The van der Waals surface area contributed by atoms with Crippen molar-refractivity contribution in [3.8, 4) is 0 Å². The number of halogens is 1. The van der Waals surface area contributed by atoms with Crippen LogP contribution in [0.5, 0.6) is 0 Å². The van der Waals surface area contributed by atoms with Crippen molar-refractivity contribution in [1.82, 2.24) is 20.2 Å². The number of nitrogens with zero attached hydrogens (tertiary/aromatic N) is 4. The number of piperazine rings is 1. The highest BCUT2D eigenvalue weighted by atomic mass is 19.1. The van der Waals surface area contributed by atoms with E-state index < -0.39 is 0 Å². The lowest BCUT2D eigenvalue weighted by Gasteiger charge is -2.33. The predicted molar refractivity (Wildman–Crippen MR) is 94.3 cm³/mol. The van der Waals surface area contributed by atoms with Crippen molar-refractivity contribution in [2.75, 3.05) is 37.6 Å². The Bertz CT molecular complexity index is 778. The molecule has 2 aromatic rings. The molecule has 0 radical (unpaired) electrons. The molecule has 1 saturated heterocycles. The summed E-state index contributed by atoms with van der Waals surface area (Å²) in [4.78, 5) is 35.0. The minimum Gasteiger partial charge on any atom is -0.353 e. The molecule has 0 atom stereocenters. The smallest absolute Gasteiger partial charge is 0.270 e. The van der Waals surface area contributed by atoms with Crippen LogP contribution in [0.1, 0.15) is 16.1 Å². The van der Waals surface area contributed by atoms with E-state index in [2.05, 4.69) is 15.3 Å². The van der Waals surface area contributed by atoms with Gasteiger partial charge in [-0.3, -0.25) is 9.59 Å². The van der Waals surface area contributed by atoms with E-state index >= 15 is 0 Å². The van der Waals surface area contributed by atoms with Crippen LogP contribution in [0.3, 0.4) is 0 Å². The van der Waals surface area contributed by atoms with Gasteiger partial charge in [-0.05, 0) is 18.1 Å². The zero-order valence-electron chi connectivity index (χ0n) is 14.3. The van der Waals surface area contributed by atoms with Gasteiger partial charge in [0.25, 0.3) is 5.91 Å². The first-order valence-electron chi connectivity index (χ1n) is 8.45. The second-order valence-electron chi connectivity index (χ2n) is 5.99. The number of aromatic nitrogens is 2. The van der Waals surface area contributed by atoms with Gasteiger partial charge in [-0.2, -0.15) is 0 Å². The molecule has 1 N–H and O–H groups in total. The van der Waals surface area contributed by atoms with E-state index in [4.69, 9.17) is 0 Å². The second-order valence-corrected chi connectivity index (χ2v) is 5.99. The molecule has 26 heavy (non-hydrogen) atoms. The highest BCUT2D eigenvalue weighted by molar-refractivity contribution is 5.92. The van der Waals surface area contributed by atoms with Crippen LogP contribution < -0.4 is 10.2 Å². The van der Waals surface area contributed by atoms with Crippen molar-refractivity contribution in [2.45, 2.75) is 6.42 Å². The van der Waals surface area contributed by atoms with Gasteiger partial charge in [0, 0.05) is 38.8 Å². The summed E-state index contributed by atoms with van der Waals surface area (Å²) in [6, 6.07) is 8.13. The van der Waals surface area contributed by atoms with Gasteiger partial charge in [-0.15, -0.1) is 0 Å². The highest BCUT2D eigenvalue weighted by Gasteiger charge is 2.18. The number of hydrogen-bond donors (Lipinski definition) is 1. The lowest BCUT2D eigenvalue weighted by molar-refractivity contribution is -0.118. The van der Waals surface area contributed by atoms with Gasteiger partial charge in [0.05, 0.1) is 0 Å². The molecule has 1 aliphatic heterocycles. The monoisotopic (exact) mass is 357 g/mol. The SMILES string of the molecule is O=CN1CCN(c2cc(C(=O)NCCc3ccccc3F)ncn2)CC1. The van der Waals surface area contributed by atoms with Gasteiger partial charge in [-0.25, -0.2) is 14.4 Å². The lowest BCUT2D eigenvalue weighted by Crippen LogP contribution is -2.46. The summed E-state index contributed by atoms with van der Waals surface area (Å²) in [5.41, 5.74) is 0.825. The maximum absolute atomic E-state index is 13.6. The molecule has 1 fully saturated rings. The Morgan fingerprint density at radius 3 is 2.69 bits per heavy atom. The number of anilines is 1. The molecule has 0 aliphatic carbocycles. The lowest BCUT2D eigenvalue weighted by atomic mass is 10.1. The van der Waals surface area contributed by atoms with E-state index in [1.54, 1.807) is 29.2 Å². The van der Waals surface area contributed by atoms with Crippen LogP contribution in [0.25, 0.3) is 0 Å². The largest absolute Gasteiger partial charge is 0.353 e. The molecule has 2 heterocycles. The summed E-state index contributed by atoms with van der Waals surface area (Å²) in [7, 11) is 0. The minimum atomic E-state index is -0.323. The molecule has 1 aromatic carbocycles. The zero-order chi connectivity index (χ0) is 18.4. The van der Waals surface area contributed by atoms with Crippen LogP contribution in [-0.4, -0.2) is 59.9 Å².